The largest absolute Gasteiger partial charge is 0.235 e. The first-order valence-electron chi connectivity index (χ1n) is 4.97. The molecule has 9 heteroatoms. The van der Waals surface area contributed by atoms with Crippen LogP contribution in [-0.4, -0.2) is 57.7 Å². The van der Waals surface area contributed by atoms with Crippen molar-refractivity contribution in [1.29, 1.82) is 0 Å². The van der Waals surface area contributed by atoms with Crippen molar-refractivity contribution in [3.8, 4) is 0 Å². The Hall–Kier alpha value is -0.760. The third-order valence-electron chi connectivity index (χ3n) is 2.35. The molecule has 1 unspecified atom stereocenters. The molecule has 1 heterocycles. The molecule has 1 rings (SSSR count). The SMILES string of the molecule is CS(=O)(=O)CS(=O)(=O)N1CCCC(N=C=O)C1. The maximum Gasteiger partial charge on any atom is 0.235 e. The van der Waals surface area contributed by atoms with Crippen LogP contribution in [0.5, 0.6) is 0 Å². The van der Waals surface area contributed by atoms with Gasteiger partial charge in [0.25, 0.3) is 0 Å². The van der Waals surface area contributed by atoms with Gasteiger partial charge in [0.15, 0.2) is 14.9 Å². The summed E-state index contributed by atoms with van der Waals surface area (Å²) in [5, 5.41) is -0.905. The Morgan fingerprint density at radius 2 is 2.00 bits per heavy atom. The number of carbonyl (C=O) groups excluding carboxylic acids is 1. The quantitative estimate of drug-likeness (QED) is 0.492. The average Bonchev–Trinajstić information content (AvgIpc) is 2.15. The molecule has 98 valence electrons. The molecule has 0 N–H and O–H groups in total. The van der Waals surface area contributed by atoms with Crippen LogP contribution in [0.1, 0.15) is 12.8 Å². The van der Waals surface area contributed by atoms with E-state index in [0.717, 1.165) is 10.6 Å². The van der Waals surface area contributed by atoms with E-state index in [4.69, 9.17) is 0 Å². The number of hydrogen-bond acceptors (Lipinski definition) is 6. The number of sulfonamides is 1. The molecule has 0 spiro atoms. The number of isocyanates is 1. The highest BCUT2D eigenvalue weighted by Crippen LogP contribution is 2.17. The number of aliphatic imine (C=N–C) groups is 1. The summed E-state index contributed by atoms with van der Waals surface area (Å²) in [6.45, 7) is 0.315. The van der Waals surface area contributed by atoms with Gasteiger partial charge in [0.05, 0.1) is 6.04 Å². The smallest absolute Gasteiger partial charge is 0.228 e. The molecule has 1 aliphatic rings. The van der Waals surface area contributed by atoms with E-state index in [1.165, 1.54) is 6.08 Å². The zero-order chi connectivity index (χ0) is 13.1. The fourth-order valence-corrected chi connectivity index (χ4v) is 5.27. The molecule has 0 bridgehead atoms. The highest BCUT2D eigenvalue weighted by molar-refractivity contribution is 8.06. The van der Waals surface area contributed by atoms with E-state index in [9.17, 15) is 21.6 Å². The van der Waals surface area contributed by atoms with Gasteiger partial charge in [-0.05, 0) is 12.8 Å². The molecule has 0 aromatic carbocycles. The Morgan fingerprint density at radius 1 is 1.35 bits per heavy atom. The van der Waals surface area contributed by atoms with Crippen LogP contribution in [0.15, 0.2) is 4.99 Å². The average molecular weight is 282 g/mol. The van der Waals surface area contributed by atoms with E-state index in [1.807, 2.05) is 0 Å². The van der Waals surface area contributed by atoms with Crippen LogP contribution in [0, 0.1) is 0 Å². The molecule has 1 saturated heterocycles. The Kier molecular flexibility index (Phi) is 4.42. The molecule has 0 aromatic heterocycles. The number of rotatable bonds is 4. The molecule has 0 amide bonds. The molecule has 1 aliphatic heterocycles. The lowest BCUT2D eigenvalue weighted by Gasteiger charge is -2.28. The second kappa shape index (κ2) is 5.26. The van der Waals surface area contributed by atoms with Gasteiger partial charge >= 0.3 is 0 Å². The van der Waals surface area contributed by atoms with Gasteiger partial charge in [-0.1, -0.05) is 0 Å². The summed E-state index contributed by atoms with van der Waals surface area (Å²) < 4.78 is 46.6. The second-order valence-electron chi connectivity index (χ2n) is 4.03. The minimum atomic E-state index is -3.84. The molecule has 1 atom stereocenters. The van der Waals surface area contributed by atoms with Gasteiger partial charge < -0.3 is 0 Å². The van der Waals surface area contributed by atoms with Crippen molar-refractivity contribution in [2.24, 2.45) is 4.99 Å². The van der Waals surface area contributed by atoms with Crippen molar-refractivity contribution in [2.75, 3.05) is 24.4 Å². The van der Waals surface area contributed by atoms with Crippen molar-refractivity contribution in [2.45, 2.75) is 18.9 Å². The summed E-state index contributed by atoms with van der Waals surface area (Å²) in [6, 6.07) is -0.421. The summed E-state index contributed by atoms with van der Waals surface area (Å²) >= 11 is 0. The monoisotopic (exact) mass is 282 g/mol. The van der Waals surface area contributed by atoms with Crippen molar-refractivity contribution in [3.05, 3.63) is 0 Å². The molecular formula is C8H14N2O5S2. The number of sulfone groups is 1. The first kappa shape index (κ1) is 14.3. The Labute approximate surface area is 100 Å². The van der Waals surface area contributed by atoms with Crippen molar-refractivity contribution >= 4 is 25.9 Å². The Bertz CT molecular complexity index is 518. The summed E-state index contributed by atoms with van der Waals surface area (Å²) in [7, 11) is -7.44. The normalized spacial score (nSPS) is 23.0. The van der Waals surface area contributed by atoms with Gasteiger partial charge in [0, 0.05) is 19.3 Å². The van der Waals surface area contributed by atoms with Crippen LogP contribution >= 0.6 is 0 Å². The predicted octanol–water partition coefficient (Wildman–Crippen LogP) is -0.881. The first-order valence-corrected chi connectivity index (χ1v) is 8.64. The van der Waals surface area contributed by atoms with Crippen LogP contribution in [0.4, 0.5) is 0 Å². The topological polar surface area (TPSA) is 101 Å². The summed E-state index contributed by atoms with van der Waals surface area (Å²) in [6.07, 6.45) is 3.43. The van der Waals surface area contributed by atoms with E-state index < -0.39 is 31.0 Å². The summed E-state index contributed by atoms with van der Waals surface area (Å²) in [5.74, 6) is 0. The highest BCUT2D eigenvalue weighted by Gasteiger charge is 2.31. The molecule has 7 nitrogen and oxygen atoms in total. The fraction of sp³-hybridized carbons (Fsp3) is 0.875. The minimum absolute atomic E-state index is 0.0487. The van der Waals surface area contributed by atoms with Gasteiger partial charge in [-0.25, -0.2) is 26.6 Å². The standard InChI is InChI=1S/C8H14N2O5S2/c1-16(12,13)7-17(14,15)10-4-2-3-8(5-10)9-6-11/h8H,2-5,7H2,1H3. The van der Waals surface area contributed by atoms with Crippen molar-refractivity contribution < 1.29 is 21.6 Å². The molecule has 0 saturated carbocycles. The maximum absolute atomic E-state index is 11.8. The zero-order valence-electron chi connectivity index (χ0n) is 9.37. The highest BCUT2D eigenvalue weighted by atomic mass is 32.3. The summed E-state index contributed by atoms with van der Waals surface area (Å²) in [5.41, 5.74) is 0. The van der Waals surface area contributed by atoms with E-state index in [1.54, 1.807) is 0 Å². The first-order chi connectivity index (χ1) is 7.74. The third kappa shape index (κ3) is 4.55. The van der Waals surface area contributed by atoms with Crippen LogP contribution in [0.2, 0.25) is 0 Å². The Balaban J connectivity index is 2.82. The van der Waals surface area contributed by atoms with E-state index >= 15 is 0 Å². The number of hydrogen-bond donors (Lipinski definition) is 0. The zero-order valence-corrected chi connectivity index (χ0v) is 11.0. The van der Waals surface area contributed by atoms with Crippen LogP contribution in [0.3, 0.4) is 0 Å². The molecule has 0 aliphatic carbocycles. The van der Waals surface area contributed by atoms with Crippen molar-refractivity contribution in [3.63, 3.8) is 0 Å². The molecule has 0 aromatic rings. The van der Waals surface area contributed by atoms with Crippen LogP contribution in [0.25, 0.3) is 0 Å². The van der Waals surface area contributed by atoms with E-state index in [-0.39, 0.29) is 13.1 Å². The predicted molar refractivity (Wildman–Crippen MR) is 61.3 cm³/mol. The van der Waals surface area contributed by atoms with Gasteiger partial charge in [-0.2, -0.15) is 4.31 Å². The van der Waals surface area contributed by atoms with Crippen molar-refractivity contribution in [1.82, 2.24) is 4.31 Å². The summed E-state index contributed by atoms with van der Waals surface area (Å²) in [4.78, 5) is 13.6. The molecule has 1 fully saturated rings. The van der Waals surface area contributed by atoms with Gasteiger partial charge in [-0.15, -0.1) is 0 Å². The van der Waals surface area contributed by atoms with Gasteiger partial charge in [0.1, 0.15) is 0 Å². The Morgan fingerprint density at radius 3 is 2.53 bits per heavy atom. The number of piperidine rings is 1. The van der Waals surface area contributed by atoms with Crippen LogP contribution < -0.4 is 0 Å². The molecular weight excluding hydrogens is 268 g/mol. The van der Waals surface area contributed by atoms with Crippen LogP contribution in [-0.2, 0) is 24.7 Å². The molecule has 0 radical (unpaired) electrons. The van der Waals surface area contributed by atoms with E-state index in [0.29, 0.717) is 12.8 Å². The van der Waals surface area contributed by atoms with Gasteiger partial charge in [0.2, 0.25) is 16.1 Å². The second-order valence-corrected chi connectivity index (χ2v) is 8.50. The number of nitrogens with zero attached hydrogens (tertiary/aromatic N) is 2. The van der Waals surface area contributed by atoms with E-state index in [2.05, 4.69) is 4.99 Å². The minimum Gasteiger partial charge on any atom is -0.228 e. The lowest BCUT2D eigenvalue weighted by atomic mass is 10.1. The molecule has 17 heavy (non-hydrogen) atoms. The lowest BCUT2D eigenvalue weighted by molar-refractivity contribution is 0.318. The third-order valence-corrected chi connectivity index (χ3v) is 6.37. The maximum atomic E-state index is 11.8. The fourth-order valence-electron chi connectivity index (χ4n) is 1.70. The van der Waals surface area contributed by atoms with Gasteiger partial charge in [-0.3, -0.25) is 0 Å². The lowest BCUT2D eigenvalue weighted by Crippen LogP contribution is -2.43.